The molecule has 1 atom stereocenters. The molecule has 0 radical (unpaired) electrons. The zero-order valence-electron chi connectivity index (χ0n) is 14.2. The number of nitrogens with zero attached hydrogens (tertiary/aromatic N) is 2. The molecule has 1 aromatic heterocycles. The van der Waals surface area contributed by atoms with E-state index in [9.17, 15) is 8.60 Å². The van der Waals surface area contributed by atoms with Crippen molar-refractivity contribution in [1.29, 1.82) is 0 Å². The van der Waals surface area contributed by atoms with Crippen molar-refractivity contribution >= 4 is 45.7 Å². The van der Waals surface area contributed by atoms with Crippen LogP contribution >= 0.6 is 23.2 Å². The molecule has 0 saturated heterocycles. The summed E-state index contributed by atoms with van der Waals surface area (Å²) in [6.07, 6.45) is 1.33. The van der Waals surface area contributed by atoms with Crippen molar-refractivity contribution in [3.8, 4) is 0 Å². The fraction of sp³-hybridized carbons (Fsp3) is 0.111. The first-order valence-electron chi connectivity index (χ1n) is 7.87. The summed E-state index contributed by atoms with van der Waals surface area (Å²) < 4.78 is 29.6. The van der Waals surface area contributed by atoms with Gasteiger partial charge in [-0.3, -0.25) is 4.72 Å². The van der Waals surface area contributed by atoms with E-state index in [1.165, 1.54) is 18.5 Å². The number of anilines is 2. The Morgan fingerprint density at radius 2 is 1.89 bits per heavy atom. The van der Waals surface area contributed by atoms with Gasteiger partial charge in [-0.05, 0) is 30.7 Å². The summed E-state index contributed by atoms with van der Waals surface area (Å²) in [5, 5.41) is 3.88. The molecule has 2 aromatic carbocycles. The standard InChI is InChI=1S/C18H15Cl2FN4OS/c1-11-6-18(24-10-23-11)25-27(26)17-7-14(20)16(8-15(17)21)22-9-12-4-2-3-5-13(12)19/h2-8,10,22H,9H2,1H3,(H,23,24,25). The summed E-state index contributed by atoms with van der Waals surface area (Å²) in [5.74, 6) is -0.324. The molecule has 3 rings (SSSR count). The van der Waals surface area contributed by atoms with Crippen molar-refractivity contribution < 1.29 is 8.60 Å². The Morgan fingerprint density at radius 1 is 1.11 bits per heavy atom. The van der Waals surface area contributed by atoms with Gasteiger partial charge >= 0.3 is 0 Å². The van der Waals surface area contributed by atoms with Crippen molar-refractivity contribution in [3.63, 3.8) is 0 Å². The van der Waals surface area contributed by atoms with Crippen molar-refractivity contribution in [3.05, 3.63) is 75.9 Å². The second-order valence-corrected chi connectivity index (χ2v) is 7.62. The van der Waals surface area contributed by atoms with E-state index in [0.29, 0.717) is 28.8 Å². The third-order valence-electron chi connectivity index (χ3n) is 3.65. The number of rotatable bonds is 6. The highest BCUT2D eigenvalue weighted by molar-refractivity contribution is 7.86. The number of hydrogen-bond acceptors (Lipinski definition) is 4. The number of hydrogen-bond donors (Lipinski definition) is 2. The second-order valence-electron chi connectivity index (χ2n) is 5.62. The Morgan fingerprint density at radius 3 is 2.63 bits per heavy atom. The molecule has 0 aliphatic carbocycles. The van der Waals surface area contributed by atoms with Gasteiger partial charge in [-0.15, -0.1) is 0 Å². The van der Waals surface area contributed by atoms with E-state index in [1.807, 2.05) is 18.2 Å². The Hall–Kier alpha value is -2.22. The number of aromatic nitrogens is 2. The summed E-state index contributed by atoms with van der Waals surface area (Å²) in [5.41, 5.74) is 1.93. The highest BCUT2D eigenvalue weighted by Crippen LogP contribution is 2.28. The molecule has 9 heteroatoms. The molecule has 0 aliphatic heterocycles. The maximum Gasteiger partial charge on any atom is 0.154 e. The number of aryl methyl sites for hydroxylation is 1. The van der Waals surface area contributed by atoms with E-state index in [1.54, 1.807) is 19.1 Å². The number of benzene rings is 2. The minimum atomic E-state index is -1.86. The van der Waals surface area contributed by atoms with E-state index in [-0.39, 0.29) is 9.92 Å². The van der Waals surface area contributed by atoms with Crippen LogP contribution in [0.25, 0.3) is 0 Å². The Labute approximate surface area is 168 Å². The summed E-state index contributed by atoms with van der Waals surface area (Å²) in [6.45, 7) is 2.15. The van der Waals surface area contributed by atoms with Crippen LogP contribution in [0.5, 0.6) is 0 Å². The molecule has 1 heterocycles. The van der Waals surface area contributed by atoms with Crippen LogP contribution in [0, 0.1) is 12.7 Å². The maximum atomic E-state index is 14.5. The zero-order valence-corrected chi connectivity index (χ0v) is 16.5. The quantitative estimate of drug-likeness (QED) is 0.585. The molecule has 0 fully saturated rings. The molecule has 140 valence electrons. The van der Waals surface area contributed by atoms with Crippen molar-refractivity contribution in [1.82, 2.24) is 9.97 Å². The van der Waals surface area contributed by atoms with Gasteiger partial charge < -0.3 is 5.32 Å². The lowest BCUT2D eigenvalue weighted by atomic mass is 10.2. The molecule has 0 amide bonds. The topological polar surface area (TPSA) is 66.9 Å². The fourth-order valence-corrected chi connectivity index (χ4v) is 3.67. The molecule has 0 bridgehead atoms. The van der Waals surface area contributed by atoms with Crippen LogP contribution in [0.15, 0.2) is 53.7 Å². The van der Waals surface area contributed by atoms with Gasteiger partial charge in [0.15, 0.2) is 11.0 Å². The largest absolute Gasteiger partial charge is 0.380 e. The predicted molar refractivity (Wildman–Crippen MR) is 107 cm³/mol. The molecule has 3 aromatic rings. The van der Waals surface area contributed by atoms with Crippen LogP contribution in [0.3, 0.4) is 0 Å². The van der Waals surface area contributed by atoms with Gasteiger partial charge in [0.05, 0.1) is 15.6 Å². The molecule has 5 nitrogen and oxygen atoms in total. The highest BCUT2D eigenvalue weighted by atomic mass is 35.5. The van der Waals surface area contributed by atoms with E-state index in [0.717, 1.165) is 5.56 Å². The predicted octanol–water partition coefficient (Wildman–Crippen LogP) is 4.98. The molecule has 0 spiro atoms. The van der Waals surface area contributed by atoms with E-state index in [4.69, 9.17) is 23.2 Å². The smallest absolute Gasteiger partial charge is 0.154 e. The average Bonchev–Trinajstić information content (AvgIpc) is 2.63. The summed E-state index contributed by atoms with van der Waals surface area (Å²) >= 11 is 12.3. The van der Waals surface area contributed by atoms with Gasteiger partial charge in [-0.25, -0.2) is 18.6 Å². The molecule has 0 aliphatic rings. The third-order valence-corrected chi connectivity index (χ3v) is 5.44. The van der Waals surface area contributed by atoms with Gasteiger partial charge in [0, 0.05) is 23.3 Å². The Balaban J connectivity index is 1.76. The van der Waals surface area contributed by atoms with Gasteiger partial charge in [-0.1, -0.05) is 41.4 Å². The zero-order chi connectivity index (χ0) is 19.4. The van der Waals surface area contributed by atoms with Crippen LogP contribution < -0.4 is 10.0 Å². The van der Waals surface area contributed by atoms with E-state index in [2.05, 4.69) is 20.0 Å². The van der Waals surface area contributed by atoms with Gasteiger partial charge in [0.1, 0.15) is 18.0 Å². The van der Waals surface area contributed by atoms with Gasteiger partial charge in [0.2, 0.25) is 0 Å². The normalized spacial score (nSPS) is 11.9. The Kier molecular flexibility index (Phi) is 6.26. The lowest BCUT2D eigenvalue weighted by molar-refractivity contribution is 0.596. The van der Waals surface area contributed by atoms with E-state index >= 15 is 0 Å². The third kappa shape index (κ3) is 4.94. The van der Waals surface area contributed by atoms with Gasteiger partial charge in [0.25, 0.3) is 0 Å². The SMILES string of the molecule is Cc1cc(NS(=O)c2cc(Cl)c(NCc3ccccc3Cl)cc2F)ncn1. The van der Waals surface area contributed by atoms with Crippen LogP contribution in [-0.2, 0) is 17.5 Å². The number of nitrogens with one attached hydrogen (secondary N) is 2. The molecule has 2 N–H and O–H groups in total. The average molecular weight is 425 g/mol. The molecule has 0 saturated carbocycles. The summed E-state index contributed by atoms with van der Waals surface area (Å²) in [6, 6.07) is 11.5. The van der Waals surface area contributed by atoms with Crippen LogP contribution in [0.4, 0.5) is 15.9 Å². The summed E-state index contributed by atoms with van der Waals surface area (Å²) in [7, 11) is -1.86. The minimum absolute atomic E-state index is 0.0699. The second kappa shape index (κ2) is 8.65. The van der Waals surface area contributed by atoms with Crippen LogP contribution in [-0.4, -0.2) is 14.2 Å². The van der Waals surface area contributed by atoms with Crippen LogP contribution in [0.2, 0.25) is 10.0 Å². The molecular formula is C18H15Cl2FN4OS. The first-order chi connectivity index (χ1) is 12.9. The lowest BCUT2D eigenvalue weighted by Gasteiger charge is -2.12. The van der Waals surface area contributed by atoms with Crippen molar-refractivity contribution in [2.24, 2.45) is 0 Å². The molecule has 1 unspecified atom stereocenters. The molecular weight excluding hydrogens is 410 g/mol. The first-order valence-corrected chi connectivity index (χ1v) is 9.78. The van der Waals surface area contributed by atoms with Crippen molar-refractivity contribution in [2.45, 2.75) is 18.4 Å². The highest BCUT2D eigenvalue weighted by Gasteiger charge is 2.15. The van der Waals surface area contributed by atoms with E-state index < -0.39 is 16.8 Å². The molecule has 27 heavy (non-hydrogen) atoms. The van der Waals surface area contributed by atoms with Crippen LogP contribution in [0.1, 0.15) is 11.3 Å². The monoisotopic (exact) mass is 424 g/mol. The van der Waals surface area contributed by atoms with Gasteiger partial charge in [-0.2, -0.15) is 0 Å². The minimum Gasteiger partial charge on any atom is -0.380 e. The Bertz CT molecular complexity index is 1000. The fourth-order valence-electron chi connectivity index (χ4n) is 2.30. The first kappa shape index (κ1) is 19.5. The number of halogens is 3. The lowest BCUT2D eigenvalue weighted by Crippen LogP contribution is -2.09. The maximum absolute atomic E-state index is 14.5. The summed E-state index contributed by atoms with van der Waals surface area (Å²) in [4.78, 5) is 7.83. The van der Waals surface area contributed by atoms with Crippen molar-refractivity contribution in [2.75, 3.05) is 10.0 Å².